The molecule has 0 unspecified atom stereocenters. The van der Waals surface area contributed by atoms with Gasteiger partial charge in [-0.05, 0) is 31.2 Å². The lowest BCUT2D eigenvalue weighted by Crippen LogP contribution is -2.21. The Balaban J connectivity index is 1.86. The van der Waals surface area contributed by atoms with Crippen LogP contribution in [0, 0.1) is 0 Å². The van der Waals surface area contributed by atoms with Crippen LogP contribution in [-0.4, -0.2) is 29.5 Å². The third-order valence-electron chi connectivity index (χ3n) is 3.63. The van der Waals surface area contributed by atoms with Crippen molar-refractivity contribution in [3.8, 4) is 17.2 Å². The van der Waals surface area contributed by atoms with Crippen molar-refractivity contribution < 1.29 is 13.9 Å². The number of hydrogen-bond acceptors (Lipinski definition) is 7. The Kier molecular flexibility index (Phi) is 5.02. The quantitative estimate of drug-likeness (QED) is 0.624. The maximum absolute atomic E-state index is 12.0. The highest BCUT2D eigenvalue weighted by Crippen LogP contribution is 2.28. The van der Waals surface area contributed by atoms with Crippen LogP contribution in [-0.2, 0) is 0 Å². The van der Waals surface area contributed by atoms with Crippen molar-refractivity contribution in [2.75, 3.05) is 24.7 Å². The van der Waals surface area contributed by atoms with Crippen LogP contribution in [0.4, 0.5) is 17.2 Å². The van der Waals surface area contributed by atoms with Gasteiger partial charge in [-0.2, -0.15) is 4.98 Å². The second-order valence-electron chi connectivity index (χ2n) is 5.36. The summed E-state index contributed by atoms with van der Waals surface area (Å²) < 4.78 is 10.7. The Labute approximate surface area is 150 Å². The van der Waals surface area contributed by atoms with Gasteiger partial charge in [0.05, 0.1) is 18.5 Å². The summed E-state index contributed by atoms with van der Waals surface area (Å²) in [7, 11) is 1.53. The number of amides is 1. The number of nitrogens with two attached hydrogens (primary N) is 1. The Bertz CT molecular complexity index is 892. The van der Waals surface area contributed by atoms with E-state index >= 15 is 0 Å². The van der Waals surface area contributed by atoms with Gasteiger partial charge in [-0.25, -0.2) is 4.98 Å². The summed E-state index contributed by atoms with van der Waals surface area (Å²) in [6, 6.07) is 9.14. The molecule has 2 heterocycles. The largest absolute Gasteiger partial charge is 0.477 e. The van der Waals surface area contributed by atoms with Crippen LogP contribution in [0.3, 0.4) is 0 Å². The van der Waals surface area contributed by atoms with Gasteiger partial charge >= 0.3 is 0 Å². The van der Waals surface area contributed by atoms with Crippen LogP contribution in [0.2, 0.25) is 0 Å². The number of nitrogens with zero attached hydrogens (tertiary/aromatic N) is 2. The van der Waals surface area contributed by atoms with Gasteiger partial charge in [0, 0.05) is 24.4 Å². The highest BCUT2D eigenvalue weighted by atomic mass is 16.5. The molecule has 0 aliphatic heterocycles. The zero-order valence-corrected chi connectivity index (χ0v) is 14.4. The topological polar surface area (TPSA) is 115 Å². The zero-order valence-electron chi connectivity index (χ0n) is 14.4. The van der Waals surface area contributed by atoms with Crippen molar-refractivity contribution in [2.24, 2.45) is 0 Å². The van der Waals surface area contributed by atoms with E-state index in [4.69, 9.17) is 14.9 Å². The molecule has 4 N–H and O–H groups in total. The number of hydrogen-bond donors (Lipinski definition) is 3. The minimum atomic E-state index is -0.346. The first-order valence-corrected chi connectivity index (χ1v) is 8.03. The first-order chi connectivity index (χ1) is 12.6. The highest BCUT2D eigenvalue weighted by Gasteiger charge is 2.18. The molecule has 3 rings (SSSR count). The minimum absolute atomic E-state index is 0.188. The number of rotatable bonds is 6. The Morgan fingerprint density at radius 2 is 2.08 bits per heavy atom. The Morgan fingerprint density at radius 1 is 1.31 bits per heavy atom. The lowest BCUT2D eigenvalue weighted by molar-refractivity contribution is 0.0959. The molecule has 1 amide bonds. The molecule has 2 aromatic heterocycles. The van der Waals surface area contributed by atoms with E-state index < -0.39 is 0 Å². The summed E-state index contributed by atoms with van der Waals surface area (Å²) in [6.45, 7) is 2.18. The van der Waals surface area contributed by atoms with Crippen LogP contribution in [0.5, 0.6) is 5.88 Å². The fourth-order valence-electron chi connectivity index (χ4n) is 2.42. The van der Waals surface area contributed by atoms with Gasteiger partial charge in [-0.1, -0.05) is 0 Å². The van der Waals surface area contributed by atoms with E-state index in [9.17, 15) is 4.79 Å². The molecule has 0 bridgehead atoms. The SMILES string of the molecule is CCOc1nc(Nc2ccc(-c3cnco3)cc2)cc(N)c1C(=O)NC. The summed E-state index contributed by atoms with van der Waals surface area (Å²) in [4.78, 5) is 20.3. The van der Waals surface area contributed by atoms with Gasteiger partial charge in [0.2, 0.25) is 5.88 Å². The lowest BCUT2D eigenvalue weighted by Gasteiger charge is -2.14. The number of nitrogen functional groups attached to an aromatic ring is 1. The first-order valence-electron chi connectivity index (χ1n) is 8.03. The van der Waals surface area contributed by atoms with Gasteiger partial charge < -0.3 is 25.5 Å². The number of carbonyl (C=O) groups excluding carboxylic acids is 1. The number of aromatic nitrogens is 2. The number of oxazole rings is 1. The molecule has 8 nitrogen and oxygen atoms in total. The summed E-state index contributed by atoms with van der Waals surface area (Å²) in [5.41, 5.74) is 8.24. The molecular formula is C18H19N5O3. The summed E-state index contributed by atoms with van der Waals surface area (Å²) >= 11 is 0. The van der Waals surface area contributed by atoms with Gasteiger partial charge in [0.15, 0.2) is 12.2 Å². The van der Waals surface area contributed by atoms with Crippen molar-refractivity contribution in [1.29, 1.82) is 0 Å². The average molecular weight is 353 g/mol. The fraction of sp³-hybridized carbons (Fsp3) is 0.167. The minimum Gasteiger partial charge on any atom is -0.477 e. The van der Waals surface area contributed by atoms with Crippen molar-refractivity contribution in [2.45, 2.75) is 6.92 Å². The van der Waals surface area contributed by atoms with Gasteiger partial charge in [-0.3, -0.25) is 4.79 Å². The molecule has 134 valence electrons. The lowest BCUT2D eigenvalue weighted by atomic mass is 10.1. The van der Waals surface area contributed by atoms with E-state index in [0.29, 0.717) is 18.2 Å². The van der Waals surface area contributed by atoms with Crippen molar-refractivity contribution in [3.05, 3.63) is 48.5 Å². The molecule has 0 spiro atoms. The van der Waals surface area contributed by atoms with Crippen molar-refractivity contribution >= 4 is 23.1 Å². The number of pyridine rings is 1. The predicted molar refractivity (Wildman–Crippen MR) is 98.4 cm³/mol. The van der Waals surface area contributed by atoms with Crippen LogP contribution < -0.4 is 21.1 Å². The van der Waals surface area contributed by atoms with E-state index in [1.165, 1.54) is 13.4 Å². The number of benzene rings is 1. The smallest absolute Gasteiger partial charge is 0.258 e. The molecule has 0 atom stereocenters. The van der Waals surface area contributed by atoms with Crippen LogP contribution in [0.25, 0.3) is 11.3 Å². The summed E-state index contributed by atoms with van der Waals surface area (Å²) in [5.74, 6) is 1.01. The molecule has 0 saturated carbocycles. The van der Waals surface area contributed by atoms with Crippen molar-refractivity contribution in [3.63, 3.8) is 0 Å². The van der Waals surface area contributed by atoms with Crippen LogP contribution in [0.15, 0.2) is 47.3 Å². The Hall–Kier alpha value is -3.55. The first kappa shape index (κ1) is 17.3. The number of ether oxygens (including phenoxy) is 1. The van der Waals surface area contributed by atoms with Crippen LogP contribution in [0.1, 0.15) is 17.3 Å². The molecule has 26 heavy (non-hydrogen) atoms. The molecule has 8 heteroatoms. The molecule has 1 aromatic carbocycles. The maximum Gasteiger partial charge on any atom is 0.258 e. The van der Waals surface area contributed by atoms with Crippen molar-refractivity contribution in [1.82, 2.24) is 15.3 Å². The van der Waals surface area contributed by atoms with E-state index in [1.54, 1.807) is 12.3 Å². The summed E-state index contributed by atoms with van der Waals surface area (Å²) in [5, 5.41) is 5.69. The molecule has 0 aliphatic rings. The van der Waals surface area contributed by atoms with E-state index in [0.717, 1.165) is 11.3 Å². The third kappa shape index (κ3) is 3.59. The fourth-order valence-corrected chi connectivity index (χ4v) is 2.42. The number of carbonyl (C=O) groups is 1. The number of anilines is 3. The third-order valence-corrected chi connectivity index (χ3v) is 3.63. The van der Waals surface area contributed by atoms with Gasteiger partial charge in [0.1, 0.15) is 11.4 Å². The molecular weight excluding hydrogens is 334 g/mol. The van der Waals surface area contributed by atoms with E-state index in [1.807, 2.05) is 31.2 Å². The second-order valence-corrected chi connectivity index (χ2v) is 5.36. The van der Waals surface area contributed by atoms with Gasteiger partial charge in [0.25, 0.3) is 5.91 Å². The monoisotopic (exact) mass is 353 g/mol. The standard InChI is InChI=1S/C18H19N5O3/c1-3-25-18-16(17(24)20-2)13(19)8-15(23-18)22-12-6-4-11(5-7-12)14-9-21-10-26-14/h4-10H,3H2,1-2H3,(H,20,24)(H3,19,22,23). The highest BCUT2D eigenvalue weighted by molar-refractivity contribution is 6.01. The normalized spacial score (nSPS) is 10.4. The van der Waals surface area contributed by atoms with E-state index in [-0.39, 0.29) is 23.0 Å². The second kappa shape index (κ2) is 7.56. The molecule has 0 saturated heterocycles. The average Bonchev–Trinajstić information content (AvgIpc) is 3.16. The predicted octanol–water partition coefficient (Wildman–Crippen LogP) is 2.82. The maximum atomic E-state index is 12.0. The van der Waals surface area contributed by atoms with Crippen LogP contribution >= 0.6 is 0 Å². The number of nitrogens with one attached hydrogen (secondary N) is 2. The van der Waals surface area contributed by atoms with Gasteiger partial charge in [-0.15, -0.1) is 0 Å². The molecule has 3 aromatic rings. The molecule has 0 aliphatic carbocycles. The van der Waals surface area contributed by atoms with E-state index in [2.05, 4.69) is 20.6 Å². The molecule has 0 radical (unpaired) electrons. The Morgan fingerprint density at radius 3 is 2.69 bits per heavy atom. The molecule has 0 fully saturated rings. The zero-order chi connectivity index (χ0) is 18.5. The summed E-state index contributed by atoms with van der Waals surface area (Å²) in [6.07, 6.45) is 3.04.